The van der Waals surface area contributed by atoms with E-state index in [2.05, 4.69) is 30.3 Å². The number of carbonyl (C=O) groups excluding carboxylic acids is 2. The highest BCUT2D eigenvalue weighted by Crippen LogP contribution is 2.35. The lowest BCUT2D eigenvalue weighted by Gasteiger charge is -2.38. The van der Waals surface area contributed by atoms with Gasteiger partial charge in [0.15, 0.2) is 0 Å². The van der Waals surface area contributed by atoms with Crippen LogP contribution in [0.5, 0.6) is 0 Å². The van der Waals surface area contributed by atoms with Gasteiger partial charge >= 0.3 is 6.09 Å². The van der Waals surface area contributed by atoms with Crippen molar-refractivity contribution in [3.8, 4) is 0 Å². The minimum absolute atomic E-state index is 0.0609. The van der Waals surface area contributed by atoms with Crippen molar-refractivity contribution in [1.29, 1.82) is 0 Å². The highest BCUT2D eigenvalue weighted by atomic mass is 19.1. The molecule has 4 fully saturated rings. The molecule has 1 aliphatic carbocycles. The fourth-order valence-electron chi connectivity index (χ4n) is 7.01. The number of halogens is 2. The molecule has 1 saturated carbocycles. The van der Waals surface area contributed by atoms with Crippen molar-refractivity contribution in [3.63, 3.8) is 0 Å². The Morgan fingerprint density at radius 1 is 0.980 bits per heavy atom. The number of amides is 2. The molecular weight excluding hydrogens is 638 g/mol. The first kappa shape index (κ1) is 33.1. The van der Waals surface area contributed by atoms with E-state index in [0.717, 1.165) is 50.3 Å². The summed E-state index contributed by atoms with van der Waals surface area (Å²) in [5.74, 6) is -0.181. The maximum Gasteiger partial charge on any atom is 0.407 e. The van der Waals surface area contributed by atoms with Crippen LogP contribution in [-0.4, -0.2) is 100 Å². The summed E-state index contributed by atoms with van der Waals surface area (Å²) in [5, 5.41) is 7.04. The monoisotopic (exact) mass is 680 g/mol. The van der Waals surface area contributed by atoms with Crippen LogP contribution in [0.1, 0.15) is 86.5 Å². The van der Waals surface area contributed by atoms with E-state index >= 15 is 0 Å². The molecule has 13 nitrogen and oxygen atoms in total. The Morgan fingerprint density at radius 3 is 2.39 bits per heavy atom. The molecule has 3 atom stereocenters. The number of hydrogen-bond acceptors (Lipinski definition) is 11. The highest BCUT2D eigenvalue weighted by Gasteiger charge is 2.41. The van der Waals surface area contributed by atoms with Gasteiger partial charge in [0.1, 0.15) is 17.2 Å². The Hall–Kier alpha value is -4.40. The van der Waals surface area contributed by atoms with Crippen LogP contribution in [0.3, 0.4) is 0 Å². The molecule has 0 radical (unpaired) electrons. The molecule has 3 aromatic rings. The molecule has 2 amide bonds. The van der Waals surface area contributed by atoms with Gasteiger partial charge in [-0.25, -0.2) is 23.5 Å². The zero-order valence-corrected chi connectivity index (χ0v) is 28.0. The third kappa shape index (κ3) is 7.46. The number of anilines is 2. The Kier molecular flexibility index (Phi) is 9.11. The van der Waals surface area contributed by atoms with E-state index in [0.29, 0.717) is 49.7 Å². The van der Waals surface area contributed by atoms with Crippen molar-refractivity contribution in [2.75, 3.05) is 49.2 Å². The molecule has 262 valence electrons. The topological polar surface area (TPSA) is 139 Å². The summed E-state index contributed by atoms with van der Waals surface area (Å²) in [6.45, 7) is 8.42. The number of benzene rings is 1. The summed E-state index contributed by atoms with van der Waals surface area (Å²) >= 11 is 0. The van der Waals surface area contributed by atoms with Crippen LogP contribution >= 0.6 is 0 Å². The lowest BCUT2D eigenvalue weighted by molar-refractivity contribution is 0.0503. The third-order valence-corrected chi connectivity index (χ3v) is 9.57. The quantitative estimate of drug-likeness (QED) is 0.362. The molecule has 2 aromatic heterocycles. The summed E-state index contributed by atoms with van der Waals surface area (Å²) in [5.41, 5.74) is -0.207. The van der Waals surface area contributed by atoms with Crippen molar-refractivity contribution in [2.24, 2.45) is 0 Å². The van der Waals surface area contributed by atoms with Gasteiger partial charge in [-0.2, -0.15) is 4.98 Å². The highest BCUT2D eigenvalue weighted by molar-refractivity contribution is 5.94. The molecule has 1 N–H and O–H groups in total. The van der Waals surface area contributed by atoms with Crippen LogP contribution < -0.4 is 15.1 Å². The van der Waals surface area contributed by atoms with Crippen molar-refractivity contribution in [3.05, 3.63) is 59.2 Å². The van der Waals surface area contributed by atoms with Gasteiger partial charge in [-0.15, -0.1) is 0 Å². The van der Waals surface area contributed by atoms with E-state index in [1.165, 1.54) is 12.4 Å². The van der Waals surface area contributed by atoms with Crippen LogP contribution in [-0.2, 0) is 9.47 Å². The maximum absolute atomic E-state index is 14.9. The zero-order valence-electron chi connectivity index (χ0n) is 28.0. The molecule has 0 bridgehead atoms. The van der Waals surface area contributed by atoms with E-state index < -0.39 is 35.3 Å². The number of carbonyl (C=O) groups is 2. The first-order chi connectivity index (χ1) is 23.5. The molecule has 5 heterocycles. The molecule has 49 heavy (non-hydrogen) atoms. The second-order valence-corrected chi connectivity index (χ2v) is 14.4. The number of piperidine rings is 1. The van der Waals surface area contributed by atoms with Gasteiger partial charge in [-0.1, -0.05) is 0 Å². The summed E-state index contributed by atoms with van der Waals surface area (Å²) in [6.07, 6.45) is 6.73. The smallest absolute Gasteiger partial charge is 0.407 e. The number of rotatable bonds is 8. The minimum Gasteiger partial charge on any atom is -0.444 e. The van der Waals surface area contributed by atoms with E-state index in [4.69, 9.17) is 14.0 Å². The minimum atomic E-state index is -0.734. The van der Waals surface area contributed by atoms with Gasteiger partial charge in [0.2, 0.25) is 11.8 Å². The zero-order chi connectivity index (χ0) is 34.3. The van der Waals surface area contributed by atoms with Crippen molar-refractivity contribution in [2.45, 2.75) is 88.4 Å². The van der Waals surface area contributed by atoms with Gasteiger partial charge in [-0.3, -0.25) is 4.79 Å². The van der Waals surface area contributed by atoms with E-state index in [1.54, 1.807) is 25.7 Å². The second kappa shape index (κ2) is 13.5. The number of aromatic nitrogens is 4. The van der Waals surface area contributed by atoms with Gasteiger partial charge in [-0.05, 0) is 81.8 Å². The fourth-order valence-corrected chi connectivity index (χ4v) is 7.01. The van der Waals surface area contributed by atoms with E-state index in [-0.39, 0.29) is 42.6 Å². The van der Waals surface area contributed by atoms with Crippen LogP contribution in [0.15, 0.2) is 35.1 Å². The lowest BCUT2D eigenvalue weighted by atomic mass is 9.94. The number of nitrogens with one attached hydrogen (secondary N) is 1. The maximum atomic E-state index is 14.9. The lowest BCUT2D eigenvalue weighted by Crippen LogP contribution is -2.48. The van der Waals surface area contributed by atoms with E-state index in [1.807, 2.05) is 4.90 Å². The largest absolute Gasteiger partial charge is 0.444 e. The van der Waals surface area contributed by atoms with Crippen molar-refractivity contribution in [1.82, 2.24) is 30.3 Å². The average Bonchev–Trinajstić information content (AvgIpc) is 3.43. The SMILES string of the molecule is CC(C)(C)OC(=O)NC1CN(c2ncc(C(=O)N(C3CC3)C3CCN(c4noc(C5CCOC5)n4)CC3)cn2)CC1c1cc(F)ccc1F. The third-order valence-electron chi connectivity index (χ3n) is 9.57. The predicted molar refractivity (Wildman–Crippen MR) is 173 cm³/mol. The van der Waals surface area contributed by atoms with Crippen molar-refractivity contribution < 1.29 is 32.4 Å². The molecule has 3 aliphatic heterocycles. The molecule has 0 spiro atoms. The van der Waals surface area contributed by atoms with Gasteiger partial charge in [0.05, 0.1) is 24.1 Å². The van der Waals surface area contributed by atoms with E-state index in [9.17, 15) is 18.4 Å². The first-order valence-corrected chi connectivity index (χ1v) is 17.0. The molecule has 3 unspecified atom stereocenters. The molecule has 7 rings (SSSR count). The second-order valence-electron chi connectivity index (χ2n) is 14.4. The predicted octanol–water partition coefficient (Wildman–Crippen LogP) is 4.41. The van der Waals surface area contributed by atoms with Crippen LogP contribution in [0.2, 0.25) is 0 Å². The fraction of sp³-hybridized carbons (Fsp3) is 0.588. The molecule has 15 heteroatoms. The normalized spacial score (nSPS) is 23.2. The average molecular weight is 681 g/mol. The Labute approximate surface area is 283 Å². The number of alkyl carbamates (subject to hydrolysis) is 1. The summed E-state index contributed by atoms with van der Waals surface area (Å²) in [7, 11) is 0. The summed E-state index contributed by atoms with van der Waals surface area (Å²) in [6, 6.07) is 2.93. The van der Waals surface area contributed by atoms with Gasteiger partial charge in [0.25, 0.3) is 11.9 Å². The number of hydrogen-bond donors (Lipinski definition) is 1. The Balaban J connectivity index is 1.02. The molecule has 4 aliphatic rings. The molecular formula is C34H42F2N8O5. The Morgan fingerprint density at radius 2 is 1.71 bits per heavy atom. The van der Waals surface area contributed by atoms with Gasteiger partial charge in [0, 0.05) is 63.2 Å². The summed E-state index contributed by atoms with van der Waals surface area (Å²) < 4.78 is 45.5. The van der Waals surface area contributed by atoms with Crippen LogP contribution in [0, 0.1) is 11.6 Å². The Bertz CT molecular complexity index is 1650. The summed E-state index contributed by atoms with van der Waals surface area (Å²) in [4.78, 5) is 46.1. The van der Waals surface area contributed by atoms with Gasteiger partial charge < -0.3 is 34.0 Å². The number of ether oxygens (including phenoxy) is 2. The molecule has 1 aromatic carbocycles. The van der Waals surface area contributed by atoms with Crippen LogP contribution in [0.4, 0.5) is 25.5 Å². The number of nitrogens with zero attached hydrogens (tertiary/aromatic N) is 7. The van der Waals surface area contributed by atoms with Crippen molar-refractivity contribution >= 4 is 23.9 Å². The molecule has 3 saturated heterocycles. The first-order valence-electron chi connectivity index (χ1n) is 17.0. The standard InChI is InChI=1S/C34H42F2N8O5/c1-34(2,3)48-33(46)39-28-18-43(17-26(28)25-14-22(35)4-7-27(25)36)31-37-15-21(16-38-31)30(45)44(23-5-6-23)24-8-11-42(12-9-24)32-40-29(49-41-32)20-10-13-47-19-20/h4,7,14-16,20,23-24,26,28H,5-6,8-13,17-19H2,1-3H3,(H,39,46). The van der Waals surface area contributed by atoms with Crippen LogP contribution in [0.25, 0.3) is 0 Å².